The van der Waals surface area contributed by atoms with E-state index in [-0.39, 0.29) is 0 Å². The van der Waals surface area contributed by atoms with Crippen LogP contribution in [0, 0.1) is 5.41 Å². The quantitative estimate of drug-likeness (QED) is 0.0631. The van der Waals surface area contributed by atoms with Crippen LogP contribution in [0.15, 0.2) is 91.5 Å². The summed E-state index contributed by atoms with van der Waals surface area (Å²) >= 11 is 0. The summed E-state index contributed by atoms with van der Waals surface area (Å²) < 4.78 is 4.56. The number of aromatic nitrogens is 4. The van der Waals surface area contributed by atoms with E-state index in [0.29, 0.717) is 17.5 Å². The van der Waals surface area contributed by atoms with Gasteiger partial charge in [0.1, 0.15) is 0 Å². The van der Waals surface area contributed by atoms with Crippen molar-refractivity contribution in [2.75, 3.05) is 39.3 Å². The number of hydrogen-bond donors (Lipinski definition) is 4. The molecule has 3 aromatic carbocycles. The molecular weight excluding hydrogens is 693 g/mol. The normalized spacial score (nSPS) is 18.1. The molecular formula is C43H54N8O4. The third kappa shape index (κ3) is 11.0. The number of benzene rings is 3. The zero-order chi connectivity index (χ0) is 38.8. The monoisotopic (exact) mass is 746 g/mol. The fourth-order valence-electron chi connectivity index (χ4n) is 7.43. The first kappa shape index (κ1) is 39.6. The van der Waals surface area contributed by atoms with Crippen molar-refractivity contribution >= 4 is 46.0 Å². The van der Waals surface area contributed by atoms with Gasteiger partial charge in [-0.2, -0.15) is 0 Å². The molecule has 55 heavy (non-hydrogen) atoms. The number of amides is 2. The van der Waals surface area contributed by atoms with E-state index in [4.69, 9.17) is 10.4 Å². The molecule has 5 aromatic rings. The number of nitrogens with zero attached hydrogens (tertiary/aromatic N) is 6. The van der Waals surface area contributed by atoms with Crippen molar-refractivity contribution in [3.05, 3.63) is 108 Å². The number of nitrogens with one attached hydrogen (secondary N) is 2. The van der Waals surface area contributed by atoms with Crippen molar-refractivity contribution in [3.63, 3.8) is 0 Å². The molecule has 290 valence electrons. The van der Waals surface area contributed by atoms with Gasteiger partial charge in [0.2, 0.25) is 0 Å². The summed E-state index contributed by atoms with van der Waals surface area (Å²) in [7, 11) is 0. The van der Waals surface area contributed by atoms with Crippen LogP contribution in [-0.2, 0) is 16.0 Å². The summed E-state index contributed by atoms with van der Waals surface area (Å²) in [5.41, 5.74) is 10.8. The van der Waals surface area contributed by atoms with Crippen molar-refractivity contribution in [3.8, 4) is 0 Å². The standard InChI is InChI=1S/C23H26N4O2.C20H28N4O2/c28-23(25-29)11-9-19-8-10-22-21(15-19)24-17-27(22)20-12-14-26(16-20)13-4-7-18-5-2-1-3-6-18;1-20(2,3)9-11-23-10-8-16(13-23)24-14-21-17-12-15(4-6-18(17)24)5-7-19(25)22-26/h1-3,5-6,8-11,15,17,20,29H,4,7,12-14,16H2,(H,25,28);4-7,12,14,16,26H,8-11,13H2,1-3H3,(H,22,25). The first-order chi connectivity index (χ1) is 26.6. The number of rotatable bonds is 12. The van der Waals surface area contributed by atoms with E-state index in [2.05, 4.69) is 92.1 Å². The first-order valence-corrected chi connectivity index (χ1v) is 19.2. The van der Waals surface area contributed by atoms with Gasteiger partial charge in [-0.3, -0.25) is 20.0 Å². The Balaban J connectivity index is 0.000000188. The van der Waals surface area contributed by atoms with Crippen LogP contribution in [0.5, 0.6) is 0 Å². The van der Waals surface area contributed by atoms with Crippen LogP contribution in [0.4, 0.5) is 0 Å². The molecule has 0 bridgehead atoms. The van der Waals surface area contributed by atoms with Crippen LogP contribution in [-0.4, -0.2) is 90.4 Å². The van der Waals surface area contributed by atoms with E-state index < -0.39 is 11.8 Å². The number of carbonyl (C=O) groups excluding carboxylic acids is 2. The van der Waals surface area contributed by atoms with Crippen molar-refractivity contribution in [2.45, 2.75) is 65.0 Å². The van der Waals surface area contributed by atoms with Gasteiger partial charge in [-0.05, 0) is 104 Å². The SMILES string of the molecule is CC(C)(C)CCN1CCC(n2cnc3cc(C=CC(=O)NO)ccc32)C1.O=C(C=Cc1ccc2c(c1)ncn2C1CCN(CCCc2ccccc2)C1)NO. The minimum absolute atomic E-state index is 0.372. The molecule has 7 rings (SSSR count). The highest BCUT2D eigenvalue weighted by Crippen LogP contribution is 2.29. The minimum atomic E-state index is -0.547. The molecule has 2 aliphatic heterocycles. The lowest BCUT2D eigenvalue weighted by Crippen LogP contribution is -2.25. The minimum Gasteiger partial charge on any atom is -0.326 e. The van der Waals surface area contributed by atoms with Gasteiger partial charge >= 0.3 is 0 Å². The van der Waals surface area contributed by atoms with E-state index in [0.717, 1.165) is 91.7 Å². The first-order valence-electron chi connectivity index (χ1n) is 19.2. The molecule has 0 spiro atoms. The molecule has 2 fully saturated rings. The van der Waals surface area contributed by atoms with Crippen LogP contribution in [0.25, 0.3) is 34.2 Å². The Labute approximate surface area is 323 Å². The summed E-state index contributed by atoms with van der Waals surface area (Å²) in [6, 6.07) is 23.5. The van der Waals surface area contributed by atoms with Crippen LogP contribution in [0.2, 0.25) is 0 Å². The Morgan fingerprint density at radius 3 is 1.75 bits per heavy atom. The molecule has 0 aliphatic carbocycles. The summed E-state index contributed by atoms with van der Waals surface area (Å²) in [6.45, 7) is 13.5. The van der Waals surface area contributed by atoms with Gasteiger partial charge in [0.25, 0.3) is 11.8 Å². The highest BCUT2D eigenvalue weighted by molar-refractivity contribution is 5.92. The average molecular weight is 747 g/mol. The second-order valence-corrected chi connectivity index (χ2v) is 15.8. The van der Waals surface area contributed by atoms with Gasteiger partial charge in [0, 0.05) is 50.4 Å². The van der Waals surface area contributed by atoms with Crippen molar-refractivity contribution in [2.24, 2.45) is 5.41 Å². The molecule has 0 radical (unpaired) electrons. The number of hydrogen-bond acceptors (Lipinski definition) is 8. The Bertz CT molecular complexity index is 2100. The Morgan fingerprint density at radius 2 is 1.25 bits per heavy atom. The molecule has 2 aliphatic rings. The fraction of sp³-hybridized carbons (Fsp3) is 0.395. The smallest absolute Gasteiger partial charge is 0.267 e. The molecule has 4 heterocycles. The van der Waals surface area contributed by atoms with Gasteiger partial charge in [0.15, 0.2) is 0 Å². The van der Waals surface area contributed by atoms with E-state index in [1.807, 2.05) is 36.9 Å². The lowest BCUT2D eigenvalue weighted by atomic mass is 9.92. The topological polar surface area (TPSA) is 141 Å². The fourth-order valence-corrected chi connectivity index (χ4v) is 7.43. The highest BCUT2D eigenvalue weighted by atomic mass is 16.5. The van der Waals surface area contributed by atoms with Crippen LogP contribution in [0.3, 0.4) is 0 Å². The summed E-state index contributed by atoms with van der Waals surface area (Å²) in [5, 5.41) is 17.1. The zero-order valence-electron chi connectivity index (χ0n) is 32.1. The van der Waals surface area contributed by atoms with Gasteiger partial charge < -0.3 is 18.9 Å². The van der Waals surface area contributed by atoms with Crippen molar-refractivity contribution < 1.29 is 20.0 Å². The second kappa shape index (κ2) is 18.5. The van der Waals surface area contributed by atoms with Gasteiger partial charge in [-0.1, -0.05) is 63.2 Å². The van der Waals surface area contributed by atoms with E-state index in [1.165, 1.54) is 30.6 Å². The van der Waals surface area contributed by atoms with E-state index in [1.54, 1.807) is 23.1 Å². The van der Waals surface area contributed by atoms with Gasteiger partial charge in [-0.15, -0.1) is 0 Å². The predicted octanol–water partition coefficient (Wildman–Crippen LogP) is 6.67. The molecule has 12 nitrogen and oxygen atoms in total. The lowest BCUT2D eigenvalue weighted by Gasteiger charge is -2.23. The van der Waals surface area contributed by atoms with Crippen LogP contribution in [0.1, 0.15) is 75.2 Å². The van der Waals surface area contributed by atoms with Crippen LogP contribution >= 0.6 is 0 Å². The largest absolute Gasteiger partial charge is 0.326 e. The van der Waals surface area contributed by atoms with Crippen LogP contribution < -0.4 is 11.0 Å². The maximum absolute atomic E-state index is 11.1. The molecule has 2 saturated heterocycles. The Kier molecular flexibility index (Phi) is 13.3. The summed E-state index contributed by atoms with van der Waals surface area (Å²) in [6.07, 6.45) is 15.6. The number of fused-ring (bicyclic) bond motifs is 2. The highest BCUT2D eigenvalue weighted by Gasteiger charge is 2.26. The third-order valence-electron chi connectivity index (χ3n) is 10.5. The molecule has 4 N–H and O–H groups in total. The third-order valence-corrected chi connectivity index (χ3v) is 10.5. The Morgan fingerprint density at radius 1 is 0.745 bits per heavy atom. The average Bonchev–Trinajstić information content (AvgIpc) is 4.02. The number of carbonyl (C=O) groups is 2. The number of likely N-dealkylation sites (tertiary alicyclic amines) is 2. The maximum atomic E-state index is 11.1. The number of hydroxylamine groups is 2. The second-order valence-electron chi connectivity index (χ2n) is 15.8. The van der Waals surface area contributed by atoms with E-state index >= 15 is 0 Å². The van der Waals surface area contributed by atoms with Gasteiger partial charge in [0.05, 0.1) is 34.7 Å². The zero-order valence-corrected chi connectivity index (χ0v) is 32.1. The van der Waals surface area contributed by atoms with Gasteiger partial charge in [-0.25, -0.2) is 20.9 Å². The molecule has 12 heteroatoms. The predicted molar refractivity (Wildman–Crippen MR) is 216 cm³/mol. The molecule has 2 atom stereocenters. The Hall–Kier alpha value is -5.14. The summed E-state index contributed by atoms with van der Waals surface area (Å²) in [5.74, 6) is -1.09. The number of aryl methyl sites for hydroxylation is 1. The lowest BCUT2D eigenvalue weighted by molar-refractivity contribution is -0.124. The molecule has 2 aromatic heterocycles. The molecule has 2 amide bonds. The summed E-state index contributed by atoms with van der Waals surface area (Å²) in [4.78, 5) is 36.4. The van der Waals surface area contributed by atoms with Crippen molar-refractivity contribution in [1.82, 2.24) is 39.9 Å². The maximum Gasteiger partial charge on any atom is 0.267 e. The molecule has 0 saturated carbocycles. The van der Waals surface area contributed by atoms with Crippen molar-refractivity contribution in [1.29, 1.82) is 0 Å². The van der Waals surface area contributed by atoms with E-state index in [9.17, 15) is 9.59 Å². The molecule has 2 unspecified atom stereocenters. The number of imidazole rings is 2.